The molecule has 2 aromatic carbocycles. The van der Waals surface area contributed by atoms with E-state index >= 15 is 0 Å². The lowest BCUT2D eigenvalue weighted by Crippen LogP contribution is -2.44. The molecule has 1 aromatic heterocycles. The van der Waals surface area contributed by atoms with Gasteiger partial charge in [-0.1, -0.05) is 12.1 Å². The van der Waals surface area contributed by atoms with Gasteiger partial charge in [-0.3, -0.25) is 14.3 Å². The third kappa shape index (κ3) is 4.42. The molecule has 31 heavy (non-hydrogen) atoms. The summed E-state index contributed by atoms with van der Waals surface area (Å²) in [7, 11) is 0. The van der Waals surface area contributed by atoms with Crippen LogP contribution in [0.2, 0.25) is 0 Å². The van der Waals surface area contributed by atoms with Crippen LogP contribution in [0.4, 0.5) is 13.2 Å². The summed E-state index contributed by atoms with van der Waals surface area (Å²) in [6, 6.07) is 10.0. The molecule has 4 rings (SSSR count). The predicted molar refractivity (Wildman–Crippen MR) is 112 cm³/mol. The Morgan fingerprint density at radius 2 is 1.87 bits per heavy atom. The molecule has 6 nitrogen and oxygen atoms in total. The second kappa shape index (κ2) is 8.68. The number of fused-ring (bicyclic) bond motifs is 1. The summed E-state index contributed by atoms with van der Waals surface area (Å²) < 4.78 is 47.3. The fraction of sp³-hybridized carbons (Fsp3) is 0.364. The molecule has 2 heterocycles. The molecule has 1 saturated heterocycles. The lowest BCUT2D eigenvalue weighted by atomic mass is 10.1. The zero-order chi connectivity index (χ0) is 22.0. The molecule has 0 aliphatic carbocycles. The number of halogens is 3. The number of piperazine rings is 1. The van der Waals surface area contributed by atoms with Crippen molar-refractivity contribution in [3.8, 4) is 11.4 Å². The largest absolute Gasteiger partial charge is 0.492 e. The van der Waals surface area contributed by atoms with E-state index in [2.05, 4.69) is 15.2 Å². The number of alkyl halides is 3. The van der Waals surface area contributed by atoms with E-state index in [4.69, 9.17) is 4.74 Å². The van der Waals surface area contributed by atoms with Crippen molar-refractivity contribution in [1.29, 1.82) is 0 Å². The molecular formula is C22H23F3N4O2. The van der Waals surface area contributed by atoms with Crippen molar-refractivity contribution in [1.82, 2.24) is 19.8 Å². The smallest absolute Gasteiger partial charge is 0.416 e. The van der Waals surface area contributed by atoms with Crippen LogP contribution in [-0.2, 0) is 12.7 Å². The van der Waals surface area contributed by atoms with E-state index in [0.717, 1.165) is 38.3 Å². The summed E-state index contributed by atoms with van der Waals surface area (Å²) in [5.41, 5.74) is -0.709. The predicted octanol–water partition coefficient (Wildman–Crippen LogP) is 3.21. The van der Waals surface area contributed by atoms with Crippen molar-refractivity contribution in [3.05, 3.63) is 64.2 Å². The Hall–Kier alpha value is -2.91. The van der Waals surface area contributed by atoms with Crippen LogP contribution >= 0.6 is 0 Å². The standard InChI is InChI=1S/C22H23F3N4O2/c1-2-31-19-8-7-15(22(23,24)25)13-18(19)29-20(14-28-11-9-26-10-12-28)27-17-6-4-3-5-16(17)21(29)30/h3-8,13,26H,2,9-12,14H2,1H3. The number of para-hydroxylation sites is 1. The number of nitrogens with one attached hydrogen (secondary N) is 1. The molecular weight excluding hydrogens is 409 g/mol. The average Bonchev–Trinajstić information content (AvgIpc) is 2.75. The van der Waals surface area contributed by atoms with E-state index in [1.54, 1.807) is 31.2 Å². The highest BCUT2D eigenvalue weighted by atomic mass is 19.4. The van der Waals surface area contributed by atoms with Gasteiger partial charge in [0.15, 0.2) is 0 Å². The molecule has 0 amide bonds. The van der Waals surface area contributed by atoms with Gasteiger partial charge in [-0.25, -0.2) is 4.98 Å². The SMILES string of the molecule is CCOc1ccc(C(F)(F)F)cc1-n1c(CN2CCNCC2)nc2ccccc2c1=O. The Labute approximate surface area is 177 Å². The second-order valence-electron chi connectivity index (χ2n) is 7.33. The molecule has 0 atom stereocenters. The minimum Gasteiger partial charge on any atom is -0.492 e. The Morgan fingerprint density at radius 1 is 1.13 bits per heavy atom. The molecule has 0 saturated carbocycles. The van der Waals surface area contributed by atoms with Crippen LogP contribution in [0.25, 0.3) is 16.6 Å². The highest BCUT2D eigenvalue weighted by molar-refractivity contribution is 5.78. The topological polar surface area (TPSA) is 59.4 Å². The van der Waals surface area contributed by atoms with Crippen LogP contribution in [0.1, 0.15) is 18.3 Å². The summed E-state index contributed by atoms with van der Waals surface area (Å²) in [5, 5.41) is 3.60. The van der Waals surface area contributed by atoms with E-state index in [1.165, 1.54) is 10.6 Å². The van der Waals surface area contributed by atoms with Crippen LogP contribution in [0, 0.1) is 0 Å². The van der Waals surface area contributed by atoms with Gasteiger partial charge in [0.2, 0.25) is 0 Å². The molecule has 0 radical (unpaired) electrons. The van der Waals surface area contributed by atoms with Crippen LogP contribution in [0.15, 0.2) is 47.3 Å². The van der Waals surface area contributed by atoms with Gasteiger partial charge in [0.1, 0.15) is 11.6 Å². The Morgan fingerprint density at radius 3 is 2.58 bits per heavy atom. The van der Waals surface area contributed by atoms with Crippen LogP contribution < -0.4 is 15.6 Å². The van der Waals surface area contributed by atoms with Crippen LogP contribution in [0.5, 0.6) is 5.75 Å². The first kappa shape index (κ1) is 21.3. The van der Waals surface area contributed by atoms with Gasteiger partial charge in [0, 0.05) is 26.2 Å². The number of ether oxygens (including phenoxy) is 1. The third-order valence-electron chi connectivity index (χ3n) is 5.25. The van der Waals surface area contributed by atoms with Crippen molar-refractivity contribution in [2.24, 2.45) is 0 Å². The molecule has 1 N–H and O–H groups in total. The highest BCUT2D eigenvalue weighted by Crippen LogP contribution is 2.34. The van der Waals surface area contributed by atoms with Gasteiger partial charge in [0.25, 0.3) is 5.56 Å². The molecule has 9 heteroatoms. The Bertz CT molecular complexity index is 1140. The normalized spacial score (nSPS) is 15.4. The Kier molecular flexibility index (Phi) is 5.97. The van der Waals surface area contributed by atoms with Crippen molar-refractivity contribution in [3.63, 3.8) is 0 Å². The first-order valence-corrected chi connectivity index (χ1v) is 10.2. The molecule has 1 aliphatic heterocycles. The van der Waals surface area contributed by atoms with E-state index < -0.39 is 17.3 Å². The Balaban J connectivity index is 1.96. The summed E-state index contributed by atoms with van der Waals surface area (Å²) in [6.45, 7) is 5.43. The van der Waals surface area contributed by atoms with Gasteiger partial charge < -0.3 is 10.1 Å². The zero-order valence-corrected chi connectivity index (χ0v) is 17.1. The van der Waals surface area contributed by atoms with E-state index in [1.807, 2.05) is 0 Å². The molecule has 164 valence electrons. The van der Waals surface area contributed by atoms with Crippen molar-refractivity contribution in [2.75, 3.05) is 32.8 Å². The highest BCUT2D eigenvalue weighted by Gasteiger charge is 2.32. The van der Waals surface area contributed by atoms with Gasteiger partial charge in [-0.05, 0) is 37.3 Å². The average molecular weight is 432 g/mol. The lowest BCUT2D eigenvalue weighted by Gasteiger charge is -2.28. The minimum atomic E-state index is -4.55. The number of nitrogens with zero attached hydrogens (tertiary/aromatic N) is 3. The van der Waals surface area contributed by atoms with Gasteiger partial charge in [-0.15, -0.1) is 0 Å². The molecule has 3 aromatic rings. The fourth-order valence-electron chi connectivity index (χ4n) is 3.75. The minimum absolute atomic E-state index is 0.0464. The number of aromatic nitrogens is 2. The summed E-state index contributed by atoms with van der Waals surface area (Å²) >= 11 is 0. The lowest BCUT2D eigenvalue weighted by molar-refractivity contribution is -0.137. The first-order chi connectivity index (χ1) is 14.9. The van der Waals surface area contributed by atoms with Crippen molar-refractivity contribution in [2.45, 2.75) is 19.6 Å². The van der Waals surface area contributed by atoms with Crippen molar-refractivity contribution >= 4 is 10.9 Å². The van der Waals surface area contributed by atoms with E-state index in [0.29, 0.717) is 23.3 Å². The van der Waals surface area contributed by atoms with Crippen LogP contribution in [0.3, 0.4) is 0 Å². The monoisotopic (exact) mass is 432 g/mol. The van der Waals surface area contributed by atoms with E-state index in [-0.39, 0.29) is 18.0 Å². The molecule has 0 bridgehead atoms. The van der Waals surface area contributed by atoms with Gasteiger partial charge in [0.05, 0.1) is 35.3 Å². The van der Waals surface area contributed by atoms with E-state index in [9.17, 15) is 18.0 Å². The third-order valence-corrected chi connectivity index (χ3v) is 5.25. The number of hydrogen-bond acceptors (Lipinski definition) is 5. The van der Waals surface area contributed by atoms with Crippen LogP contribution in [-0.4, -0.2) is 47.2 Å². The molecule has 0 unspecified atom stereocenters. The van der Waals surface area contributed by atoms with Crippen molar-refractivity contribution < 1.29 is 17.9 Å². The fourth-order valence-corrected chi connectivity index (χ4v) is 3.75. The number of benzene rings is 2. The quantitative estimate of drug-likeness (QED) is 0.671. The summed E-state index contributed by atoms with van der Waals surface area (Å²) in [6.07, 6.45) is -4.55. The maximum absolute atomic E-state index is 13.5. The maximum Gasteiger partial charge on any atom is 0.416 e. The molecule has 1 fully saturated rings. The summed E-state index contributed by atoms with van der Waals surface area (Å²) in [4.78, 5) is 20.3. The molecule has 1 aliphatic rings. The first-order valence-electron chi connectivity index (χ1n) is 10.2. The summed E-state index contributed by atoms with van der Waals surface area (Å²) in [5.74, 6) is 0.585. The number of rotatable bonds is 5. The van der Waals surface area contributed by atoms with Gasteiger partial charge >= 0.3 is 6.18 Å². The maximum atomic E-state index is 13.5. The second-order valence-corrected chi connectivity index (χ2v) is 7.33. The molecule has 0 spiro atoms. The zero-order valence-electron chi connectivity index (χ0n) is 17.1. The number of hydrogen-bond donors (Lipinski definition) is 1. The van der Waals surface area contributed by atoms with Gasteiger partial charge in [-0.2, -0.15) is 13.2 Å².